The van der Waals surface area contributed by atoms with Gasteiger partial charge in [0.25, 0.3) is 5.56 Å². The van der Waals surface area contributed by atoms with E-state index in [1.165, 1.54) is 23.2 Å². The first-order valence-electron chi connectivity index (χ1n) is 10.8. The summed E-state index contributed by atoms with van der Waals surface area (Å²) < 4.78 is 2.78. The predicted molar refractivity (Wildman–Crippen MR) is 134 cm³/mol. The summed E-state index contributed by atoms with van der Waals surface area (Å²) in [6.45, 7) is 4.85. The summed E-state index contributed by atoms with van der Waals surface area (Å²) in [5.41, 5.74) is 3.91. The van der Waals surface area contributed by atoms with Gasteiger partial charge in [-0.25, -0.2) is 19.9 Å². The Hall–Kier alpha value is -2.53. The highest BCUT2D eigenvalue weighted by Crippen LogP contribution is 2.27. The van der Waals surface area contributed by atoms with Gasteiger partial charge in [0.2, 0.25) is 0 Å². The third-order valence-corrected chi connectivity index (χ3v) is 6.77. The summed E-state index contributed by atoms with van der Waals surface area (Å²) in [7, 11) is 1.95. The van der Waals surface area contributed by atoms with E-state index < -0.39 is 0 Å². The summed E-state index contributed by atoms with van der Waals surface area (Å²) in [6, 6.07) is 10.1. The standard InChI is InChI=1S/C23H26BrN7OS/c1-3-19(30(11-10-25-2)12-16-4-6-17(24)7-5-16)21-29-22-20(28-15-33-22)23(32)31(21)13-18-8-9-26-14-27-18/h4-9,14-15,19,25H,3,10-13H2,1-2H3. The lowest BCUT2D eigenvalue weighted by molar-refractivity contribution is 0.172. The van der Waals surface area contributed by atoms with Crippen LogP contribution in [0.3, 0.4) is 0 Å². The topological polar surface area (TPSA) is 88.8 Å². The van der Waals surface area contributed by atoms with Crippen LogP contribution in [0.5, 0.6) is 0 Å². The van der Waals surface area contributed by atoms with Crippen molar-refractivity contribution in [3.63, 3.8) is 0 Å². The molecule has 0 aliphatic rings. The van der Waals surface area contributed by atoms with Crippen LogP contribution in [-0.2, 0) is 13.1 Å². The second kappa shape index (κ2) is 11.1. The third-order valence-electron chi connectivity index (χ3n) is 5.53. The first-order chi connectivity index (χ1) is 16.1. The van der Waals surface area contributed by atoms with E-state index in [2.05, 4.69) is 72.3 Å². The monoisotopic (exact) mass is 527 g/mol. The number of rotatable bonds is 10. The van der Waals surface area contributed by atoms with Gasteiger partial charge in [-0.05, 0) is 37.2 Å². The molecule has 1 aromatic carbocycles. The second-order valence-electron chi connectivity index (χ2n) is 7.69. The molecule has 3 aromatic heterocycles. The highest BCUT2D eigenvalue weighted by atomic mass is 79.9. The van der Waals surface area contributed by atoms with Crippen molar-refractivity contribution in [3.8, 4) is 0 Å². The van der Waals surface area contributed by atoms with Gasteiger partial charge < -0.3 is 5.32 Å². The fourth-order valence-electron chi connectivity index (χ4n) is 3.87. The number of thiazole rings is 1. The maximum Gasteiger partial charge on any atom is 0.281 e. The van der Waals surface area contributed by atoms with Crippen molar-refractivity contribution in [2.75, 3.05) is 20.1 Å². The summed E-state index contributed by atoms with van der Waals surface area (Å²) in [5, 5.41) is 3.25. The number of likely N-dealkylation sites (N-methyl/N-ethyl adjacent to an activating group) is 1. The van der Waals surface area contributed by atoms with Crippen molar-refractivity contribution in [1.82, 2.24) is 34.7 Å². The van der Waals surface area contributed by atoms with Crippen LogP contribution in [0.1, 0.15) is 36.5 Å². The SMILES string of the molecule is CCC(c1nc2scnc2c(=O)n1Cc1ccncn1)N(CCNC)Cc1ccc(Br)cc1. The van der Waals surface area contributed by atoms with E-state index >= 15 is 0 Å². The minimum Gasteiger partial charge on any atom is -0.318 e. The van der Waals surface area contributed by atoms with Gasteiger partial charge in [0, 0.05) is 30.3 Å². The average Bonchev–Trinajstić information content (AvgIpc) is 3.31. The highest BCUT2D eigenvalue weighted by Gasteiger charge is 2.26. The van der Waals surface area contributed by atoms with E-state index in [1.54, 1.807) is 16.3 Å². The lowest BCUT2D eigenvalue weighted by Crippen LogP contribution is -2.38. The van der Waals surface area contributed by atoms with E-state index in [0.717, 1.165) is 42.0 Å². The molecule has 0 fully saturated rings. The van der Waals surface area contributed by atoms with Gasteiger partial charge in [0.05, 0.1) is 23.8 Å². The van der Waals surface area contributed by atoms with Crippen LogP contribution >= 0.6 is 27.3 Å². The van der Waals surface area contributed by atoms with Crippen molar-refractivity contribution in [2.24, 2.45) is 0 Å². The maximum atomic E-state index is 13.5. The lowest BCUT2D eigenvalue weighted by atomic mass is 10.1. The van der Waals surface area contributed by atoms with Gasteiger partial charge >= 0.3 is 0 Å². The van der Waals surface area contributed by atoms with Gasteiger partial charge in [-0.1, -0.05) is 35.0 Å². The molecule has 4 rings (SSSR count). The number of aromatic nitrogens is 5. The Balaban J connectivity index is 1.78. The molecule has 1 atom stereocenters. The first kappa shape index (κ1) is 23.6. The van der Waals surface area contributed by atoms with Crippen LogP contribution in [0.15, 0.2) is 57.6 Å². The molecule has 8 nitrogen and oxygen atoms in total. The maximum absolute atomic E-state index is 13.5. The molecule has 0 aliphatic heterocycles. The average molecular weight is 528 g/mol. The molecule has 0 aliphatic carbocycles. The molecular weight excluding hydrogens is 502 g/mol. The van der Waals surface area contributed by atoms with Crippen LogP contribution in [0, 0.1) is 0 Å². The quantitative estimate of drug-likeness (QED) is 0.336. The number of nitrogens with zero attached hydrogens (tertiary/aromatic N) is 6. The summed E-state index contributed by atoms with van der Waals surface area (Å²) in [6.07, 6.45) is 3.99. The Morgan fingerprint density at radius 2 is 2.03 bits per heavy atom. The smallest absolute Gasteiger partial charge is 0.281 e. The molecule has 4 aromatic rings. The van der Waals surface area contributed by atoms with E-state index in [4.69, 9.17) is 4.98 Å². The molecule has 0 amide bonds. The van der Waals surface area contributed by atoms with E-state index in [1.807, 2.05) is 13.1 Å². The van der Waals surface area contributed by atoms with E-state index in [0.29, 0.717) is 16.9 Å². The van der Waals surface area contributed by atoms with Crippen LogP contribution in [0.4, 0.5) is 0 Å². The zero-order valence-electron chi connectivity index (χ0n) is 18.6. The first-order valence-corrected chi connectivity index (χ1v) is 12.5. The normalized spacial score (nSPS) is 12.5. The Bertz CT molecular complexity index is 1240. The second-order valence-corrected chi connectivity index (χ2v) is 9.44. The Morgan fingerprint density at radius 1 is 1.21 bits per heavy atom. The molecule has 0 radical (unpaired) electrons. The molecule has 33 heavy (non-hydrogen) atoms. The van der Waals surface area contributed by atoms with Crippen molar-refractivity contribution in [3.05, 3.63) is 80.3 Å². The number of hydrogen-bond acceptors (Lipinski definition) is 8. The fourth-order valence-corrected chi connectivity index (χ4v) is 4.79. The van der Waals surface area contributed by atoms with Crippen LogP contribution in [0.25, 0.3) is 10.3 Å². The lowest BCUT2D eigenvalue weighted by Gasteiger charge is -2.32. The minimum atomic E-state index is -0.134. The van der Waals surface area contributed by atoms with E-state index in [9.17, 15) is 4.79 Å². The zero-order chi connectivity index (χ0) is 23.2. The zero-order valence-corrected chi connectivity index (χ0v) is 21.0. The number of halogens is 1. The summed E-state index contributed by atoms with van der Waals surface area (Å²) >= 11 is 4.91. The van der Waals surface area contributed by atoms with Gasteiger partial charge in [-0.2, -0.15) is 0 Å². The van der Waals surface area contributed by atoms with Gasteiger partial charge in [-0.15, -0.1) is 11.3 Å². The number of nitrogens with one attached hydrogen (secondary N) is 1. The highest BCUT2D eigenvalue weighted by molar-refractivity contribution is 9.10. The van der Waals surface area contributed by atoms with E-state index in [-0.39, 0.29) is 11.6 Å². The largest absolute Gasteiger partial charge is 0.318 e. The summed E-state index contributed by atoms with van der Waals surface area (Å²) in [4.78, 5) is 34.1. The predicted octanol–water partition coefficient (Wildman–Crippen LogP) is 3.63. The molecule has 0 saturated carbocycles. The molecule has 1 N–H and O–H groups in total. The van der Waals surface area contributed by atoms with Gasteiger partial charge in [-0.3, -0.25) is 14.3 Å². The van der Waals surface area contributed by atoms with Crippen molar-refractivity contribution < 1.29 is 0 Å². The van der Waals surface area contributed by atoms with Crippen molar-refractivity contribution in [1.29, 1.82) is 0 Å². The van der Waals surface area contributed by atoms with Crippen LogP contribution in [-0.4, -0.2) is 49.5 Å². The van der Waals surface area contributed by atoms with Crippen molar-refractivity contribution in [2.45, 2.75) is 32.5 Å². The number of hydrogen-bond donors (Lipinski definition) is 1. The summed E-state index contributed by atoms with van der Waals surface area (Å²) in [5.74, 6) is 0.742. The molecule has 172 valence electrons. The molecule has 0 bridgehead atoms. The van der Waals surface area contributed by atoms with Gasteiger partial charge in [0.15, 0.2) is 10.3 Å². The molecule has 10 heteroatoms. The molecule has 0 spiro atoms. The van der Waals surface area contributed by atoms with Gasteiger partial charge in [0.1, 0.15) is 12.2 Å². The fraction of sp³-hybridized carbons (Fsp3) is 0.348. The number of benzene rings is 1. The third kappa shape index (κ3) is 5.52. The molecule has 0 saturated heterocycles. The van der Waals surface area contributed by atoms with Crippen molar-refractivity contribution >= 4 is 37.6 Å². The Labute approximate surface area is 204 Å². The minimum absolute atomic E-state index is 0.0527. The molecule has 1 unspecified atom stereocenters. The molecule has 3 heterocycles. The molecular formula is C23H26BrN7OS. The Kier molecular flexibility index (Phi) is 7.92. The van der Waals surface area contributed by atoms with Crippen LogP contribution < -0.4 is 10.9 Å². The van der Waals surface area contributed by atoms with Crippen LogP contribution in [0.2, 0.25) is 0 Å². The number of fused-ring (bicyclic) bond motifs is 1. The Morgan fingerprint density at radius 3 is 2.73 bits per heavy atom.